The van der Waals surface area contributed by atoms with Crippen molar-refractivity contribution in [2.45, 2.75) is 83.5 Å². The lowest BCUT2D eigenvalue weighted by atomic mass is 9.55. The van der Waals surface area contributed by atoms with Crippen molar-refractivity contribution in [2.24, 2.45) is 22.9 Å². The molecule has 0 saturated heterocycles. The van der Waals surface area contributed by atoms with Gasteiger partial charge in [-0.1, -0.05) is 30.1 Å². The standard InChI is InChI=1S/C36H53N3O9/c1-6-20-45-36-31(39(5)35(43)44-8-3)23-29(38-46-9-4)27-21-24(14-10-12-18-40)26(15-11-13-19-41)32(33(27)36)28-22-25(16-17-30(28)48-36)47-34(42)37-7-2/h6,16-17,21-22,24,26,31-33,40-41H,1,7-15,18-20,23H2,2-5H3,(H,37,42). The van der Waals surface area contributed by atoms with Gasteiger partial charge in [-0.25, -0.2) is 9.59 Å². The number of carbonyl (C=O) groups is 2. The highest BCUT2D eigenvalue weighted by Crippen LogP contribution is 2.61. The van der Waals surface area contributed by atoms with Crippen LogP contribution < -0.4 is 14.8 Å². The molecule has 2 amide bonds. The summed E-state index contributed by atoms with van der Waals surface area (Å²) in [7, 11) is 1.69. The molecule has 6 atom stereocenters. The number of allylic oxidation sites excluding steroid dienone is 1. The lowest BCUT2D eigenvalue weighted by molar-refractivity contribution is -0.253. The van der Waals surface area contributed by atoms with Crippen LogP contribution in [0.1, 0.15) is 77.2 Å². The number of hydrogen-bond donors (Lipinski definition) is 3. The zero-order valence-electron chi connectivity index (χ0n) is 28.8. The van der Waals surface area contributed by atoms with Crippen LogP contribution in [-0.4, -0.2) is 91.5 Å². The normalized spacial score (nSPS) is 26.3. The van der Waals surface area contributed by atoms with Gasteiger partial charge in [-0.2, -0.15) is 0 Å². The molecule has 0 spiro atoms. The number of unbranched alkanes of at least 4 members (excludes halogenated alkanes) is 2. The highest BCUT2D eigenvalue weighted by molar-refractivity contribution is 6.02. The molecule has 0 bridgehead atoms. The van der Waals surface area contributed by atoms with Crippen molar-refractivity contribution in [3.63, 3.8) is 0 Å². The Bertz CT molecular complexity index is 1320. The van der Waals surface area contributed by atoms with Crippen LogP contribution in [0.15, 0.2) is 47.7 Å². The molecule has 3 N–H and O–H groups in total. The Labute approximate surface area is 284 Å². The summed E-state index contributed by atoms with van der Waals surface area (Å²) in [6, 6.07) is 4.71. The van der Waals surface area contributed by atoms with Crippen LogP contribution in [-0.2, 0) is 14.3 Å². The summed E-state index contributed by atoms with van der Waals surface area (Å²) in [6.45, 7) is 10.7. The van der Waals surface area contributed by atoms with Crippen LogP contribution in [0.5, 0.6) is 11.5 Å². The number of rotatable bonds is 17. The molecule has 1 aliphatic heterocycles. The number of amides is 2. The third-order valence-electron chi connectivity index (χ3n) is 9.50. The molecule has 1 saturated carbocycles. The minimum absolute atomic E-state index is 0.0538. The monoisotopic (exact) mass is 671 g/mol. The average Bonchev–Trinajstić information content (AvgIpc) is 3.08. The molecular weight excluding hydrogens is 618 g/mol. The molecule has 4 rings (SSSR count). The lowest BCUT2D eigenvalue weighted by Gasteiger charge is -2.59. The lowest BCUT2D eigenvalue weighted by Crippen LogP contribution is -2.69. The van der Waals surface area contributed by atoms with Crippen LogP contribution in [0.3, 0.4) is 0 Å². The van der Waals surface area contributed by atoms with Gasteiger partial charge >= 0.3 is 12.2 Å². The Balaban J connectivity index is 2.00. The van der Waals surface area contributed by atoms with E-state index in [2.05, 4.69) is 23.1 Å². The van der Waals surface area contributed by atoms with Crippen LogP contribution in [0.4, 0.5) is 9.59 Å². The first-order chi connectivity index (χ1) is 23.3. The van der Waals surface area contributed by atoms with Crippen LogP contribution >= 0.6 is 0 Å². The summed E-state index contributed by atoms with van der Waals surface area (Å²) < 4.78 is 24.9. The van der Waals surface area contributed by atoms with Crippen molar-refractivity contribution in [1.82, 2.24) is 10.2 Å². The number of hydrogen-bond acceptors (Lipinski definition) is 10. The Kier molecular flexibility index (Phi) is 13.7. The van der Waals surface area contributed by atoms with E-state index in [1.165, 1.54) is 4.90 Å². The molecule has 3 aliphatic rings. The Morgan fingerprint density at radius 1 is 1.12 bits per heavy atom. The number of ether oxygens (including phenoxy) is 4. The van der Waals surface area contributed by atoms with E-state index in [1.807, 2.05) is 19.9 Å². The predicted octanol–water partition coefficient (Wildman–Crippen LogP) is 5.54. The minimum atomic E-state index is -1.36. The largest absolute Gasteiger partial charge is 0.459 e. The fourth-order valence-electron chi connectivity index (χ4n) is 7.57. The molecular formula is C36H53N3O9. The number of carbonyl (C=O) groups excluding carboxylic acids is 2. The minimum Gasteiger partial charge on any atom is -0.459 e. The van der Waals surface area contributed by atoms with E-state index < -0.39 is 29.9 Å². The molecule has 2 aliphatic carbocycles. The van der Waals surface area contributed by atoms with Gasteiger partial charge in [0, 0.05) is 44.7 Å². The number of nitrogens with one attached hydrogen (secondary N) is 1. The first-order valence-corrected chi connectivity index (χ1v) is 17.4. The first-order valence-electron chi connectivity index (χ1n) is 17.4. The molecule has 1 heterocycles. The van der Waals surface area contributed by atoms with Crippen molar-refractivity contribution in [3.8, 4) is 11.5 Å². The molecule has 12 heteroatoms. The van der Waals surface area contributed by atoms with Crippen molar-refractivity contribution in [2.75, 3.05) is 46.6 Å². The third kappa shape index (κ3) is 7.98. The van der Waals surface area contributed by atoms with Gasteiger partial charge in [-0.3, -0.25) is 0 Å². The smallest absolute Gasteiger partial charge is 0.412 e. The van der Waals surface area contributed by atoms with E-state index in [0.717, 1.165) is 36.8 Å². The van der Waals surface area contributed by atoms with Crippen molar-refractivity contribution >= 4 is 17.9 Å². The summed E-state index contributed by atoms with van der Waals surface area (Å²) >= 11 is 0. The number of oxime groups is 1. The summed E-state index contributed by atoms with van der Waals surface area (Å²) in [5.74, 6) is -0.945. The average molecular weight is 672 g/mol. The van der Waals surface area contributed by atoms with Gasteiger partial charge < -0.3 is 44.2 Å². The second kappa shape index (κ2) is 17.7. The van der Waals surface area contributed by atoms with E-state index in [1.54, 1.807) is 32.2 Å². The molecule has 0 radical (unpaired) electrons. The number of aliphatic hydroxyl groups excluding tert-OH is 2. The maximum Gasteiger partial charge on any atom is 0.412 e. The van der Waals surface area contributed by atoms with E-state index in [-0.39, 0.29) is 50.6 Å². The van der Waals surface area contributed by atoms with Crippen molar-refractivity contribution < 1.29 is 43.6 Å². The van der Waals surface area contributed by atoms with Crippen LogP contribution in [0.25, 0.3) is 0 Å². The topological polar surface area (TPSA) is 148 Å². The highest BCUT2D eigenvalue weighted by Gasteiger charge is 2.65. The predicted molar refractivity (Wildman–Crippen MR) is 181 cm³/mol. The van der Waals surface area contributed by atoms with E-state index >= 15 is 0 Å². The molecule has 1 aromatic rings. The molecule has 266 valence electrons. The van der Waals surface area contributed by atoms with Gasteiger partial charge in [0.2, 0.25) is 5.79 Å². The number of nitrogens with zero attached hydrogens (tertiary/aromatic N) is 2. The summed E-state index contributed by atoms with van der Waals surface area (Å²) in [6.07, 6.45) is 7.74. The molecule has 12 nitrogen and oxygen atoms in total. The Morgan fingerprint density at radius 3 is 2.54 bits per heavy atom. The van der Waals surface area contributed by atoms with Gasteiger partial charge in [0.15, 0.2) is 0 Å². The zero-order chi connectivity index (χ0) is 34.7. The van der Waals surface area contributed by atoms with Gasteiger partial charge in [-0.05, 0) is 82.1 Å². The van der Waals surface area contributed by atoms with Gasteiger partial charge in [0.25, 0.3) is 0 Å². The number of fused-ring (bicyclic) bond motifs is 2. The van der Waals surface area contributed by atoms with Gasteiger partial charge in [0.05, 0.1) is 24.8 Å². The highest BCUT2D eigenvalue weighted by atomic mass is 16.7. The molecule has 48 heavy (non-hydrogen) atoms. The zero-order valence-corrected chi connectivity index (χ0v) is 28.8. The van der Waals surface area contributed by atoms with Crippen LogP contribution in [0.2, 0.25) is 0 Å². The summed E-state index contributed by atoms with van der Waals surface area (Å²) in [4.78, 5) is 33.1. The molecule has 0 aromatic heterocycles. The van der Waals surface area contributed by atoms with E-state index in [4.69, 9.17) is 23.8 Å². The second-order valence-corrected chi connectivity index (χ2v) is 12.4. The maximum atomic E-state index is 13.4. The Hall–Kier alpha value is -3.61. The molecule has 1 fully saturated rings. The fraction of sp³-hybridized carbons (Fsp3) is 0.639. The maximum absolute atomic E-state index is 13.4. The molecule has 6 unspecified atom stereocenters. The van der Waals surface area contributed by atoms with Gasteiger partial charge in [-0.15, -0.1) is 6.58 Å². The number of benzene rings is 1. The van der Waals surface area contributed by atoms with E-state index in [0.29, 0.717) is 43.2 Å². The quantitative estimate of drug-likeness (QED) is 0.110. The van der Waals surface area contributed by atoms with Gasteiger partial charge in [0.1, 0.15) is 24.1 Å². The summed E-state index contributed by atoms with van der Waals surface area (Å²) in [5, 5.41) is 26.7. The van der Waals surface area contributed by atoms with Crippen molar-refractivity contribution in [3.05, 3.63) is 48.1 Å². The van der Waals surface area contributed by atoms with Crippen molar-refractivity contribution in [1.29, 1.82) is 0 Å². The van der Waals surface area contributed by atoms with Crippen LogP contribution in [0, 0.1) is 17.8 Å². The number of aliphatic hydroxyl groups is 2. The first kappa shape index (κ1) is 37.2. The number of likely N-dealkylation sites (N-methyl/N-ethyl adjacent to an activating group) is 1. The molecule has 1 aromatic carbocycles. The SMILES string of the molecule is C=CCOC12Oc3ccc(OC(=O)NCC)cc3C3C(CCCCO)C(CCCCO)C=C(C(=NOCC)CC1N(C)C(=O)OCC)C32. The fourth-order valence-corrected chi connectivity index (χ4v) is 7.57. The Morgan fingerprint density at radius 2 is 1.88 bits per heavy atom. The second-order valence-electron chi connectivity index (χ2n) is 12.4. The van der Waals surface area contributed by atoms with E-state index in [9.17, 15) is 19.8 Å². The summed E-state index contributed by atoms with van der Waals surface area (Å²) in [5.41, 5.74) is 2.49. The third-order valence-corrected chi connectivity index (χ3v) is 9.50.